The van der Waals surface area contributed by atoms with E-state index >= 15 is 0 Å². The number of halogens is 1. The fourth-order valence-electron chi connectivity index (χ4n) is 2.19. The summed E-state index contributed by atoms with van der Waals surface area (Å²) in [5.41, 5.74) is 1.29. The highest BCUT2D eigenvalue weighted by Gasteiger charge is 2.18. The van der Waals surface area contributed by atoms with Crippen molar-refractivity contribution in [1.29, 1.82) is 0 Å². The predicted octanol–water partition coefficient (Wildman–Crippen LogP) is 2.68. The van der Waals surface area contributed by atoms with Crippen molar-refractivity contribution in [2.45, 2.75) is 17.9 Å². The van der Waals surface area contributed by atoms with Crippen LogP contribution in [0.4, 0.5) is 0 Å². The molecule has 0 saturated carbocycles. The molecule has 1 atom stereocenters. The second-order valence-electron chi connectivity index (χ2n) is 5.39. The van der Waals surface area contributed by atoms with E-state index in [0.29, 0.717) is 22.1 Å². The topological polar surface area (TPSA) is 84.9 Å². The molecule has 2 rings (SSSR count). The van der Waals surface area contributed by atoms with E-state index in [1.54, 1.807) is 31.2 Å². The lowest BCUT2D eigenvalue weighted by Crippen LogP contribution is -2.28. The number of sulfonamides is 1. The number of ether oxygens (including phenoxy) is 2. The van der Waals surface area contributed by atoms with Crippen molar-refractivity contribution in [2.75, 3.05) is 20.8 Å². The van der Waals surface area contributed by atoms with Crippen LogP contribution >= 0.6 is 11.6 Å². The van der Waals surface area contributed by atoms with E-state index in [1.807, 2.05) is 0 Å². The van der Waals surface area contributed by atoms with Crippen molar-refractivity contribution in [3.63, 3.8) is 0 Å². The Hall–Kier alpha value is -1.80. The lowest BCUT2D eigenvalue weighted by atomic mass is 10.1. The highest BCUT2D eigenvalue weighted by Crippen LogP contribution is 2.30. The molecule has 0 bridgehead atoms. The third kappa shape index (κ3) is 4.64. The Morgan fingerprint density at radius 3 is 2.40 bits per heavy atom. The van der Waals surface area contributed by atoms with E-state index in [0.717, 1.165) is 5.56 Å². The third-order valence-corrected chi connectivity index (χ3v) is 5.54. The number of rotatable bonds is 7. The highest BCUT2D eigenvalue weighted by molar-refractivity contribution is 7.89. The second kappa shape index (κ2) is 8.05. The average Bonchev–Trinajstić information content (AvgIpc) is 2.61. The molecule has 0 saturated heterocycles. The summed E-state index contributed by atoms with van der Waals surface area (Å²) in [5, 5.41) is 10.6. The van der Waals surface area contributed by atoms with Crippen molar-refractivity contribution in [3.8, 4) is 11.5 Å². The zero-order chi connectivity index (χ0) is 18.6. The van der Waals surface area contributed by atoms with Crippen molar-refractivity contribution < 1.29 is 23.0 Å². The van der Waals surface area contributed by atoms with Gasteiger partial charge in [0.05, 0.1) is 25.2 Å². The Balaban J connectivity index is 2.13. The Morgan fingerprint density at radius 2 is 1.80 bits per heavy atom. The van der Waals surface area contributed by atoms with E-state index in [9.17, 15) is 13.5 Å². The Kier molecular flexibility index (Phi) is 6.29. The largest absolute Gasteiger partial charge is 0.493 e. The summed E-state index contributed by atoms with van der Waals surface area (Å²) >= 11 is 5.97. The summed E-state index contributed by atoms with van der Waals surface area (Å²) < 4.78 is 37.3. The molecule has 2 aromatic rings. The van der Waals surface area contributed by atoms with Gasteiger partial charge < -0.3 is 14.6 Å². The van der Waals surface area contributed by atoms with Crippen LogP contribution in [0.15, 0.2) is 41.3 Å². The van der Waals surface area contributed by atoms with Crippen LogP contribution in [0, 0.1) is 6.92 Å². The van der Waals surface area contributed by atoms with Crippen LogP contribution in [0.2, 0.25) is 5.02 Å². The predicted molar refractivity (Wildman–Crippen MR) is 95.9 cm³/mol. The van der Waals surface area contributed by atoms with Gasteiger partial charge in [-0.05, 0) is 42.3 Å². The molecule has 25 heavy (non-hydrogen) atoms. The second-order valence-corrected chi connectivity index (χ2v) is 7.57. The van der Waals surface area contributed by atoms with Crippen LogP contribution in [0.3, 0.4) is 0 Å². The molecule has 0 aliphatic heterocycles. The molecule has 1 unspecified atom stereocenters. The zero-order valence-electron chi connectivity index (χ0n) is 14.1. The number of benzene rings is 2. The first kappa shape index (κ1) is 19.5. The number of methoxy groups -OCH3 is 2. The minimum Gasteiger partial charge on any atom is -0.493 e. The lowest BCUT2D eigenvalue weighted by molar-refractivity contribution is 0.181. The summed E-state index contributed by atoms with van der Waals surface area (Å²) in [7, 11) is -0.789. The first-order valence-electron chi connectivity index (χ1n) is 7.44. The van der Waals surface area contributed by atoms with Crippen LogP contribution in [-0.2, 0) is 10.0 Å². The number of aliphatic hydroxyl groups is 1. The van der Waals surface area contributed by atoms with Crippen molar-refractivity contribution in [2.24, 2.45) is 0 Å². The summed E-state index contributed by atoms with van der Waals surface area (Å²) in [5.74, 6) is 0.973. The van der Waals surface area contributed by atoms with Crippen LogP contribution < -0.4 is 14.2 Å². The normalized spacial score (nSPS) is 12.7. The van der Waals surface area contributed by atoms with Gasteiger partial charge in [-0.2, -0.15) is 0 Å². The molecular weight excluding hydrogens is 366 g/mol. The van der Waals surface area contributed by atoms with Crippen LogP contribution in [0.25, 0.3) is 0 Å². The van der Waals surface area contributed by atoms with Gasteiger partial charge in [0.2, 0.25) is 10.0 Å². The van der Waals surface area contributed by atoms with Crippen molar-refractivity contribution in [1.82, 2.24) is 4.72 Å². The van der Waals surface area contributed by atoms with E-state index in [1.165, 1.54) is 26.4 Å². The first-order chi connectivity index (χ1) is 11.8. The van der Waals surface area contributed by atoms with Gasteiger partial charge in [0.15, 0.2) is 11.5 Å². The Morgan fingerprint density at radius 1 is 1.12 bits per heavy atom. The van der Waals surface area contributed by atoms with Crippen LogP contribution in [0.1, 0.15) is 17.2 Å². The molecule has 0 aliphatic rings. The molecule has 8 heteroatoms. The zero-order valence-corrected chi connectivity index (χ0v) is 15.7. The Bertz CT molecular complexity index is 854. The lowest BCUT2D eigenvalue weighted by Gasteiger charge is -2.15. The van der Waals surface area contributed by atoms with Gasteiger partial charge in [-0.25, -0.2) is 13.1 Å². The molecular formula is C17H20ClNO5S. The maximum atomic E-state index is 12.3. The fraction of sp³-hybridized carbons (Fsp3) is 0.294. The molecule has 136 valence electrons. The first-order valence-corrected chi connectivity index (χ1v) is 9.30. The van der Waals surface area contributed by atoms with E-state index in [4.69, 9.17) is 21.1 Å². The fourth-order valence-corrected chi connectivity index (χ4v) is 3.50. The van der Waals surface area contributed by atoms with Gasteiger partial charge in [0.1, 0.15) is 0 Å². The van der Waals surface area contributed by atoms with Gasteiger partial charge in [-0.1, -0.05) is 23.7 Å². The maximum Gasteiger partial charge on any atom is 0.240 e. The SMILES string of the molecule is COc1ccc(C(O)CNS(=O)(=O)c2ccc(C)c(Cl)c2)cc1OC. The Labute approximate surface area is 152 Å². The van der Waals surface area contributed by atoms with Gasteiger partial charge in [-0.3, -0.25) is 0 Å². The molecule has 0 aromatic heterocycles. The monoisotopic (exact) mass is 385 g/mol. The smallest absolute Gasteiger partial charge is 0.240 e. The number of nitrogens with one attached hydrogen (secondary N) is 1. The summed E-state index contributed by atoms with van der Waals surface area (Å²) in [6.45, 7) is 1.59. The molecule has 0 aliphatic carbocycles. The molecule has 2 N–H and O–H groups in total. The third-order valence-electron chi connectivity index (χ3n) is 3.71. The number of aryl methyl sites for hydroxylation is 1. The number of hydrogen-bond donors (Lipinski definition) is 2. The average molecular weight is 386 g/mol. The standard InChI is InChI=1S/C17H20ClNO5S/c1-11-4-6-13(9-14(11)18)25(21,22)19-10-15(20)12-5-7-16(23-2)17(8-12)24-3/h4-9,15,19-20H,10H2,1-3H3. The summed E-state index contributed by atoms with van der Waals surface area (Å²) in [4.78, 5) is 0.0441. The highest BCUT2D eigenvalue weighted by atomic mass is 35.5. The van der Waals surface area contributed by atoms with Gasteiger partial charge in [-0.15, -0.1) is 0 Å². The van der Waals surface area contributed by atoms with Crippen molar-refractivity contribution in [3.05, 3.63) is 52.5 Å². The molecule has 0 amide bonds. The van der Waals surface area contributed by atoms with Crippen LogP contribution in [-0.4, -0.2) is 34.3 Å². The summed E-state index contributed by atoms with van der Waals surface area (Å²) in [6.07, 6.45) is -1.05. The minimum atomic E-state index is -3.78. The van der Waals surface area contributed by atoms with Crippen molar-refractivity contribution >= 4 is 21.6 Å². The maximum absolute atomic E-state index is 12.3. The summed E-state index contributed by atoms with van der Waals surface area (Å²) in [6, 6.07) is 9.35. The van der Waals surface area contributed by atoms with E-state index in [2.05, 4.69) is 4.72 Å². The van der Waals surface area contributed by atoms with Gasteiger partial charge in [0.25, 0.3) is 0 Å². The molecule has 0 spiro atoms. The van der Waals surface area contributed by atoms with E-state index < -0.39 is 16.1 Å². The molecule has 0 radical (unpaired) electrons. The quantitative estimate of drug-likeness (QED) is 0.765. The van der Waals surface area contributed by atoms with Crippen LogP contribution in [0.5, 0.6) is 11.5 Å². The number of hydrogen-bond acceptors (Lipinski definition) is 5. The van der Waals surface area contributed by atoms with E-state index in [-0.39, 0.29) is 11.4 Å². The molecule has 6 nitrogen and oxygen atoms in total. The molecule has 0 heterocycles. The molecule has 0 fully saturated rings. The van der Waals surface area contributed by atoms with Gasteiger partial charge in [0, 0.05) is 11.6 Å². The van der Waals surface area contributed by atoms with Gasteiger partial charge >= 0.3 is 0 Å². The minimum absolute atomic E-state index is 0.0441. The molecule has 2 aromatic carbocycles. The number of aliphatic hydroxyl groups excluding tert-OH is 1.